The van der Waals surface area contributed by atoms with Crippen molar-refractivity contribution in [2.45, 2.75) is 25.8 Å². The second-order valence-corrected chi connectivity index (χ2v) is 4.28. The summed E-state index contributed by atoms with van der Waals surface area (Å²) in [5.41, 5.74) is 0. The van der Waals surface area contributed by atoms with Crippen LogP contribution in [0.25, 0.3) is 0 Å². The molecule has 1 saturated heterocycles. The maximum Gasteiger partial charge on any atom is 0.226 e. The first kappa shape index (κ1) is 9.71. The van der Waals surface area contributed by atoms with Crippen LogP contribution in [-0.4, -0.2) is 36.5 Å². The summed E-state index contributed by atoms with van der Waals surface area (Å²) in [7, 11) is 0. The summed E-state index contributed by atoms with van der Waals surface area (Å²) < 4.78 is 0. The lowest BCUT2D eigenvalue weighted by Gasteiger charge is -2.33. The fourth-order valence-electron chi connectivity index (χ4n) is 2.21. The van der Waals surface area contributed by atoms with Crippen LogP contribution in [0.1, 0.15) is 19.8 Å². The van der Waals surface area contributed by atoms with Gasteiger partial charge in [-0.05, 0) is 19.8 Å². The Labute approximate surface area is 85.2 Å². The molecule has 0 aromatic rings. The first-order chi connectivity index (χ1) is 6.77. The van der Waals surface area contributed by atoms with Gasteiger partial charge in [0.05, 0.1) is 0 Å². The predicted molar refractivity (Wildman–Crippen MR) is 55.9 cm³/mol. The Bertz CT molecular complexity index is 242. The molecule has 1 amide bonds. The fraction of sp³-hybridized carbons (Fsp3) is 0.727. The van der Waals surface area contributed by atoms with Crippen LogP contribution in [0.2, 0.25) is 0 Å². The first-order valence-corrected chi connectivity index (χ1v) is 5.44. The van der Waals surface area contributed by atoms with Crippen LogP contribution in [0.4, 0.5) is 0 Å². The van der Waals surface area contributed by atoms with Gasteiger partial charge in [0, 0.05) is 31.6 Å². The molecule has 0 aromatic carbocycles. The minimum absolute atomic E-state index is 0.236. The van der Waals surface area contributed by atoms with Gasteiger partial charge in [-0.3, -0.25) is 4.79 Å². The van der Waals surface area contributed by atoms with Gasteiger partial charge in [-0.1, -0.05) is 12.2 Å². The number of piperazine rings is 1. The van der Waals surface area contributed by atoms with Crippen molar-refractivity contribution >= 4 is 5.91 Å². The molecule has 2 aliphatic rings. The van der Waals surface area contributed by atoms with Crippen molar-refractivity contribution in [3.8, 4) is 0 Å². The van der Waals surface area contributed by atoms with Crippen molar-refractivity contribution in [3.05, 3.63) is 12.2 Å². The molecule has 0 aromatic heterocycles. The number of rotatable bonds is 1. The molecule has 1 unspecified atom stereocenters. The van der Waals surface area contributed by atoms with Crippen molar-refractivity contribution in [1.29, 1.82) is 0 Å². The molecule has 3 nitrogen and oxygen atoms in total. The molecule has 0 saturated carbocycles. The van der Waals surface area contributed by atoms with Gasteiger partial charge in [0.25, 0.3) is 0 Å². The zero-order valence-electron chi connectivity index (χ0n) is 8.70. The molecule has 78 valence electrons. The monoisotopic (exact) mass is 194 g/mol. The predicted octanol–water partition coefficient (Wildman–Crippen LogP) is 0.773. The third kappa shape index (κ3) is 1.98. The van der Waals surface area contributed by atoms with Gasteiger partial charge in [0.1, 0.15) is 0 Å². The van der Waals surface area contributed by atoms with Crippen LogP contribution in [-0.2, 0) is 4.79 Å². The Hall–Kier alpha value is -0.830. The molecule has 0 bridgehead atoms. The van der Waals surface area contributed by atoms with E-state index in [0.717, 1.165) is 32.5 Å². The second-order valence-electron chi connectivity index (χ2n) is 4.28. The highest BCUT2D eigenvalue weighted by Gasteiger charge is 2.27. The van der Waals surface area contributed by atoms with E-state index >= 15 is 0 Å². The minimum Gasteiger partial charge on any atom is -0.340 e. The van der Waals surface area contributed by atoms with E-state index in [9.17, 15) is 4.79 Å². The summed E-state index contributed by atoms with van der Waals surface area (Å²) in [5.74, 6) is 0.587. The average Bonchev–Trinajstić information content (AvgIpc) is 2.69. The molecule has 0 radical (unpaired) electrons. The molecule has 0 spiro atoms. The van der Waals surface area contributed by atoms with Gasteiger partial charge in [-0.2, -0.15) is 0 Å². The molecule has 14 heavy (non-hydrogen) atoms. The number of nitrogens with one attached hydrogen (secondary N) is 1. The summed E-state index contributed by atoms with van der Waals surface area (Å²) in [6, 6.07) is 0.446. The Kier molecular flexibility index (Phi) is 2.87. The topological polar surface area (TPSA) is 32.3 Å². The van der Waals surface area contributed by atoms with E-state index in [1.807, 2.05) is 4.90 Å². The zero-order valence-corrected chi connectivity index (χ0v) is 8.70. The molecular formula is C11H18N2O. The van der Waals surface area contributed by atoms with Crippen molar-refractivity contribution < 1.29 is 4.79 Å². The molecule has 1 atom stereocenters. The van der Waals surface area contributed by atoms with Crippen LogP contribution in [0.3, 0.4) is 0 Å². The van der Waals surface area contributed by atoms with Crippen LogP contribution < -0.4 is 5.32 Å². The summed E-state index contributed by atoms with van der Waals surface area (Å²) in [6.07, 6.45) is 6.12. The number of nitrogens with zero attached hydrogens (tertiary/aromatic N) is 1. The minimum atomic E-state index is 0.236. The molecule has 1 fully saturated rings. The van der Waals surface area contributed by atoms with Gasteiger partial charge >= 0.3 is 0 Å². The van der Waals surface area contributed by atoms with Crippen molar-refractivity contribution in [1.82, 2.24) is 10.2 Å². The quantitative estimate of drug-likeness (QED) is 0.625. The molecule has 1 aliphatic heterocycles. The van der Waals surface area contributed by atoms with Crippen LogP contribution >= 0.6 is 0 Å². The fourth-order valence-corrected chi connectivity index (χ4v) is 2.21. The van der Waals surface area contributed by atoms with Gasteiger partial charge < -0.3 is 10.2 Å². The molecule has 1 heterocycles. The molecule has 1 N–H and O–H groups in total. The molecule has 2 rings (SSSR count). The summed E-state index contributed by atoms with van der Waals surface area (Å²) >= 11 is 0. The standard InChI is InChI=1S/C11H18N2O/c1-9-8-13(7-6-12-9)11(14)10-4-2-3-5-10/h2-3,9-10,12H,4-8H2,1H3. The number of allylic oxidation sites excluding steroid dienone is 2. The van der Waals surface area contributed by atoms with Gasteiger partial charge in [0.2, 0.25) is 5.91 Å². The maximum atomic E-state index is 12.0. The van der Waals surface area contributed by atoms with E-state index in [4.69, 9.17) is 0 Å². The Morgan fingerprint density at radius 2 is 2.14 bits per heavy atom. The number of carbonyl (C=O) groups is 1. The van der Waals surface area contributed by atoms with E-state index < -0.39 is 0 Å². The average molecular weight is 194 g/mol. The summed E-state index contributed by atoms with van der Waals surface area (Å²) in [4.78, 5) is 14.0. The van der Waals surface area contributed by atoms with E-state index in [-0.39, 0.29) is 5.92 Å². The van der Waals surface area contributed by atoms with Crippen molar-refractivity contribution in [3.63, 3.8) is 0 Å². The number of hydrogen-bond donors (Lipinski definition) is 1. The smallest absolute Gasteiger partial charge is 0.226 e. The van der Waals surface area contributed by atoms with Crippen LogP contribution in [0.15, 0.2) is 12.2 Å². The lowest BCUT2D eigenvalue weighted by Crippen LogP contribution is -2.52. The lowest BCUT2D eigenvalue weighted by atomic mass is 10.0. The highest BCUT2D eigenvalue weighted by atomic mass is 16.2. The highest BCUT2D eigenvalue weighted by molar-refractivity contribution is 5.79. The summed E-state index contributed by atoms with van der Waals surface area (Å²) in [6.45, 7) is 4.81. The number of hydrogen-bond acceptors (Lipinski definition) is 2. The Morgan fingerprint density at radius 3 is 2.79 bits per heavy atom. The second kappa shape index (κ2) is 4.13. The van der Waals surface area contributed by atoms with Crippen molar-refractivity contribution in [2.75, 3.05) is 19.6 Å². The highest BCUT2D eigenvalue weighted by Crippen LogP contribution is 2.20. The normalized spacial score (nSPS) is 28.4. The van der Waals surface area contributed by atoms with Crippen molar-refractivity contribution in [2.24, 2.45) is 5.92 Å². The Balaban J connectivity index is 1.90. The zero-order chi connectivity index (χ0) is 9.97. The maximum absolute atomic E-state index is 12.0. The SMILES string of the molecule is CC1CN(C(=O)C2CC=CC2)CCN1. The molecule has 3 heteroatoms. The lowest BCUT2D eigenvalue weighted by molar-refractivity contribution is -0.136. The van der Waals surface area contributed by atoms with E-state index in [1.165, 1.54) is 0 Å². The van der Waals surface area contributed by atoms with E-state index in [0.29, 0.717) is 11.9 Å². The van der Waals surface area contributed by atoms with Gasteiger partial charge in [-0.15, -0.1) is 0 Å². The largest absolute Gasteiger partial charge is 0.340 e. The third-order valence-corrected chi connectivity index (χ3v) is 3.04. The van der Waals surface area contributed by atoms with E-state index in [1.54, 1.807) is 0 Å². The first-order valence-electron chi connectivity index (χ1n) is 5.44. The van der Waals surface area contributed by atoms with Crippen LogP contribution in [0.5, 0.6) is 0 Å². The van der Waals surface area contributed by atoms with Crippen LogP contribution in [0, 0.1) is 5.92 Å². The number of carbonyl (C=O) groups excluding carboxylic acids is 1. The van der Waals surface area contributed by atoms with Gasteiger partial charge in [-0.25, -0.2) is 0 Å². The Morgan fingerprint density at radius 1 is 1.43 bits per heavy atom. The third-order valence-electron chi connectivity index (χ3n) is 3.04. The summed E-state index contributed by atoms with van der Waals surface area (Å²) in [5, 5.41) is 3.35. The number of amides is 1. The molecular weight excluding hydrogens is 176 g/mol. The molecule has 1 aliphatic carbocycles. The van der Waals surface area contributed by atoms with E-state index in [2.05, 4.69) is 24.4 Å². The van der Waals surface area contributed by atoms with Gasteiger partial charge in [0.15, 0.2) is 0 Å².